The zero-order chi connectivity index (χ0) is 20.1. The molecule has 12 heteroatoms. The lowest BCUT2D eigenvalue weighted by molar-refractivity contribution is 0.0691. The number of imidazole rings is 1. The molecule has 4 rings (SSSR count). The van der Waals surface area contributed by atoms with Gasteiger partial charge in [0.1, 0.15) is 23.2 Å². The van der Waals surface area contributed by atoms with Gasteiger partial charge in [-0.3, -0.25) is 0 Å². The van der Waals surface area contributed by atoms with Gasteiger partial charge in [-0.25, -0.2) is 38.0 Å². The number of aromatic carboxylic acids is 1. The van der Waals surface area contributed by atoms with Crippen LogP contribution in [0.5, 0.6) is 0 Å². The predicted octanol–water partition coefficient (Wildman–Crippen LogP) is 0.548. The first-order valence-corrected chi connectivity index (χ1v) is 9.34. The summed E-state index contributed by atoms with van der Waals surface area (Å²) in [6.45, 7) is 0. The molecular formula is C16H13N7O4S. The van der Waals surface area contributed by atoms with Gasteiger partial charge in [0.15, 0.2) is 11.5 Å². The fourth-order valence-electron chi connectivity index (χ4n) is 2.71. The Labute approximate surface area is 157 Å². The summed E-state index contributed by atoms with van der Waals surface area (Å²) in [6, 6.07) is 7.25. The monoisotopic (exact) mass is 399 g/mol. The van der Waals surface area contributed by atoms with Crippen molar-refractivity contribution in [1.82, 2.24) is 24.6 Å². The Bertz CT molecular complexity index is 1340. The van der Waals surface area contributed by atoms with Gasteiger partial charge in [-0.05, 0) is 18.2 Å². The predicted molar refractivity (Wildman–Crippen MR) is 99.0 cm³/mol. The number of nitrogens with two attached hydrogens (primary N) is 2. The summed E-state index contributed by atoms with van der Waals surface area (Å²) < 4.78 is 24.5. The normalized spacial score (nSPS) is 11.8. The van der Waals surface area contributed by atoms with Crippen LogP contribution in [0.15, 0.2) is 47.8 Å². The van der Waals surface area contributed by atoms with Gasteiger partial charge >= 0.3 is 5.97 Å². The highest BCUT2D eigenvalue weighted by Crippen LogP contribution is 2.29. The van der Waals surface area contributed by atoms with Crippen LogP contribution in [0.4, 0.5) is 0 Å². The standard InChI is InChI=1S/C16H13N7O4S/c17-23-7-20-13-12(9-5-11(16(24)25)19-6-9)21-14(22-15(13)23)8-2-1-3-10(4-8)28(18,26)27/h1-7,19H,17H2,(H,24,25)(H2,18,26,27). The lowest BCUT2D eigenvalue weighted by atomic mass is 10.1. The molecule has 1 aromatic carbocycles. The number of benzene rings is 1. The summed E-state index contributed by atoms with van der Waals surface area (Å²) >= 11 is 0. The third kappa shape index (κ3) is 2.95. The number of aromatic nitrogens is 5. The molecule has 3 aromatic heterocycles. The fraction of sp³-hybridized carbons (Fsp3) is 0. The quantitative estimate of drug-likeness (QED) is 0.358. The molecule has 6 N–H and O–H groups in total. The molecule has 0 aliphatic carbocycles. The summed E-state index contributed by atoms with van der Waals surface area (Å²) in [6.07, 6.45) is 2.82. The maximum absolute atomic E-state index is 11.6. The molecule has 0 saturated heterocycles. The van der Waals surface area contributed by atoms with E-state index in [1.54, 1.807) is 6.07 Å². The highest BCUT2D eigenvalue weighted by molar-refractivity contribution is 7.89. The first-order valence-electron chi connectivity index (χ1n) is 7.79. The molecule has 0 aliphatic heterocycles. The van der Waals surface area contributed by atoms with Gasteiger partial charge in [0.2, 0.25) is 10.0 Å². The summed E-state index contributed by atoms with van der Waals surface area (Å²) in [5.74, 6) is 4.92. The molecule has 0 atom stereocenters. The van der Waals surface area contributed by atoms with E-state index < -0.39 is 16.0 Å². The first-order chi connectivity index (χ1) is 13.2. The summed E-state index contributed by atoms with van der Waals surface area (Å²) in [5, 5.41) is 14.3. The van der Waals surface area contributed by atoms with Crippen LogP contribution in [-0.2, 0) is 10.0 Å². The van der Waals surface area contributed by atoms with E-state index >= 15 is 0 Å². The maximum atomic E-state index is 11.6. The van der Waals surface area contributed by atoms with Crippen LogP contribution in [-0.4, -0.2) is 44.1 Å². The number of carboxylic acid groups (broad SMARTS) is 1. The molecule has 142 valence electrons. The van der Waals surface area contributed by atoms with Crippen LogP contribution in [0.2, 0.25) is 0 Å². The van der Waals surface area contributed by atoms with Gasteiger partial charge < -0.3 is 15.9 Å². The van der Waals surface area contributed by atoms with E-state index in [0.717, 1.165) is 0 Å². The van der Waals surface area contributed by atoms with Gasteiger partial charge in [-0.2, -0.15) is 0 Å². The van der Waals surface area contributed by atoms with Crippen molar-refractivity contribution in [3.8, 4) is 22.6 Å². The van der Waals surface area contributed by atoms with Crippen LogP contribution >= 0.6 is 0 Å². The number of aromatic amines is 1. The fourth-order valence-corrected chi connectivity index (χ4v) is 3.27. The number of fused-ring (bicyclic) bond motifs is 1. The molecule has 0 bridgehead atoms. The lowest BCUT2D eigenvalue weighted by Gasteiger charge is -2.06. The van der Waals surface area contributed by atoms with E-state index in [0.29, 0.717) is 28.0 Å². The van der Waals surface area contributed by atoms with Crippen molar-refractivity contribution in [3.05, 3.63) is 48.5 Å². The summed E-state index contributed by atoms with van der Waals surface area (Å²) in [4.78, 5) is 26.7. The highest BCUT2D eigenvalue weighted by atomic mass is 32.2. The zero-order valence-corrected chi connectivity index (χ0v) is 14.9. The van der Waals surface area contributed by atoms with E-state index in [2.05, 4.69) is 19.9 Å². The van der Waals surface area contributed by atoms with E-state index in [4.69, 9.17) is 16.1 Å². The van der Waals surface area contributed by atoms with Crippen LogP contribution < -0.4 is 11.0 Å². The molecule has 0 radical (unpaired) electrons. The van der Waals surface area contributed by atoms with Gasteiger partial charge in [0.25, 0.3) is 0 Å². The molecule has 0 unspecified atom stereocenters. The Kier molecular flexibility index (Phi) is 3.87. The minimum Gasteiger partial charge on any atom is -0.477 e. The van der Waals surface area contributed by atoms with Gasteiger partial charge in [-0.1, -0.05) is 12.1 Å². The van der Waals surface area contributed by atoms with E-state index in [1.807, 2.05) is 0 Å². The highest BCUT2D eigenvalue weighted by Gasteiger charge is 2.18. The van der Waals surface area contributed by atoms with Gasteiger partial charge in [0, 0.05) is 17.3 Å². The van der Waals surface area contributed by atoms with Crippen molar-refractivity contribution in [3.63, 3.8) is 0 Å². The average Bonchev–Trinajstić information content (AvgIpc) is 3.28. The minimum atomic E-state index is -3.91. The molecule has 0 amide bonds. The number of nitrogens with zero attached hydrogens (tertiary/aromatic N) is 4. The largest absolute Gasteiger partial charge is 0.477 e. The van der Waals surface area contributed by atoms with Gasteiger partial charge in [0.05, 0.1) is 4.90 Å². The molecule has 0 spiro atoms. The first kappa shape index (κ1) is 17.6. The van der Waals surface area contributed by atoms with Crippen molar-refractivity contribution in [2.24, 2.45) is 5.14 Å². The van der Waals surface area contributed by atoms with Crippen LogP contribution in [0.1, 0.15) is 10.5 Å². The number of sulfonamides is 1. The number of nitrogens with one attached hydrogen (secondary N) is 1. The second-order valence-corrected chi connectivity index (χ2v) is 7.46. The van der Waals surface area contributed by atoms with Crippen molar-refractivity contribution in [2.45, 2.75) is 4.90 Å². The Balaban J connectivity index is 1.96. The van der Waals surface area contributed by atoms with Crippen LogP contribution in [0.25, 0.3) is 33.8 Å². The molecule has 3 heterocycles. The van der Waals surface area contributed by atoms with Crippen molar-refractivity contribution in [1.29, 1.82) is 0 Å². The van der Waals surface area contributed by atoms with E-state index in [9.17, 15) is 13.2 Å². The van der Waals surface area contributed by atoms with Crippen LogP contribution in [0, 0.1) is 0 Å². The molecule has 0 saturated carbocycles. The molecule has 0 aliphatic rings. The minimum absolute atomic E-state index is 0.0216. The Morgan fingerprint density at radius 1 is 1.18 bits per heavy atom. The van der Waals surface area contributed by atoms with Crippen molar-refractivity contribution in [2.75, 3.05) is 5.84 Å². The van der Waals surface area contributed by atoms with Gasteiger partial charge in [-0.15, -0.1) is 0 Å². The smallest absolute Gasteiger partial charge is 0.352 e. The number of carboxylic acids is 1. The molecule has 11 nitrogen and oxygen atoms in total. The third-order valence-corrected chi connectivity index (χ3v) is 4.94. The van der Waals surface area contributed by atoms with Crippen molar-refractivity contribution >= 4 is 27.2 Å². The van der Waals surface area contributed by atoms with E-state index in [1.165, 1.54) is 41.5 Å². The zero-order valence-electron chi connectivity index (χ0n) is 14.1. The number of carbonyl (C=O) groups is 1. The number of rotatable bonds is 4. The number of nitrogen functional groups attached to an aromatic ring is 1. The molecule has 4 aromatic rings. The number of hydrogen-bond donors (Lipinski definition) is 4. The SMILES string of the molecule is Nn1cnc2c(-c3c[nH]c(C(=O)O)c3)nc(-c3cccc(S(N)(=O)=O)c3)nc21. The number of hydrogen-bond acceptors (Lipinski definition) is 7. The molecule has 0 fully saturated rings. The third-order valence-electron chi connectivity index (χ3n) is 4.03. The van der Waals surface area contributed by atoms with E-state index in [-0.39, 0.29) is 16.4 Å². The number of H-pyrrole nitrogens is 1. The molecular weight excluding hydrogens is 386 g/mol. The summed E-state index contributed by atoms with van der Waals surface area (Å²) in [5.41, 5.74) is 1.83. The lowest BCUT2D eigenvalue weighted by Crippen LogP contribution is -2.12. The summed E-state index contributed by atoms with van der Waals surface area (Å²) in [7, 11) is -3.91. The molecule has 28 heavy (non-hydrogen) atoms. The average molecular weight is 399 g/mol. The maximum Gasteiger partial charge on any atom is 0.352 e. The Morgan fingerprint density at radius 2 is 1.96 bits per heavy atom. The Morgan fingerprint density at radius 3 is 2.64 bits per heavy atom. The van der Waals surface area contributed by atoms with Crippen LogP contribution in [0.3, 0.4) is 0 Å². The Hall–Kier alpha value is -3.77. The van der Waals surface area contributed by atoms with Crippen molar-refractivity contribution < 1.29 is 18.3 Å². The number of primary sulfonamides is 1. The topological polar surface area (TPSA) is 183 Å². The second kappa shape index (κ2) is 6.14. The second-order valence-electron chi connectivity index (χ2n) is 5.90.